The van der Waals surface area contributed by atoms with E-state index >= 15 is 0 Å². The first-order valence-corrected chi connectivity index (χ1v) is 5.28. The fraction of sp³-hybridized carbons (Fsp3) is 0.417. The molecule has 5 heteroatoms. The van der Waals surface area contributed by atoms with E-state index in [1.165, 1.54) is 0 Å². The largest absolute Gasteiger partial charge is 0.497 e. The predicted molar refractivity (Wildman–Crippen MR) is 63.1 cm³/mol. The monoisotopic (exact) mass is 239 g/mol. The van der Waals surface area contributed by atoms with E-state index in [-0.39, 0.29) is 12.5 Å². The summed E-state index contributed by atoms with van der Waals surface area (Å²) in [6.45, 7) is 1.47. The number of hydrogen-bond acceptors (Lipinski definition) is 4. The number of rotatable bonds is 5. The van der Waals surface area contributed by atoms with E-state index < -0.39 is 6.10 Å². The van der Waals surface area contributed by atoms with Crippen LogP contribution in [0.25, 0.3) is 0 Å². The number of hydrogen-bond donors (Lipinski definition) is 2. The molecule has 1 aromatic rings. The number of nitrogens with one attached hydrogen (secondary N) is 1. The van der Waals surface area contributed by atoms with Crippen molar-refractivity contribution in [2.45, 2.75) is 19.6 Å². The third-order valence-electron chi connectivity index (χ3n) is 2.36. The van der Waals surface area contributed by atoms with Gasteiger partial charge in [0.25, 0.3) is 5.91 Å². The van der Waals surface area contributed by atoms with Crippen LogP contribution < -0.4 is 14.8 Å². The predicted octanol–water partition coefficient (Wildman–Crippen LogP) is 0.701. The molecule has 0 aromatic heterocycles. The molecule has 2 N–H and O–H groups in total. The number of carbonyl (C=O) groups excluding carboxylic acids is 1. The second-order valence-electron chi connectivity index (χ2n) is 3.51. The molecule has 94 valence electrons. The molecule has 1 aromatic carbocycles. The minimum atomic E-state index is -0.612. The summed E-state index contributed by atoms with van der Waals surface area (Å²) in [5, 5.41) is 11.7. The number of amides is 1. The van der Waals surface area contributed by atoms with Crippen molar-refractivity contribution < 1.29 is 19.4 Å². The zero-order valence-electron chi connectivity index (χ0n) is 10.2. The van der Waals surface area contributed by atoms with Gasteiger partial charge in [-0.2, -0.15) is 0 Å². The van der Waals surface area contributed by atoms with Gasteiger partial charge in [0.15, 0.2) is 6.10 Å². The molecule has 0 aliphatic carbocycles. The normalized spacial score (nSPS) is 11.8. The molecule has 1 rings (SSSR count). The molecular weight excluding hydrogens is 222 g/mol. The average molecular weight is 239 g/mol. The van der Waals surface area contributed by atoms with Crippen LogP contribution in [0.5, 0.6) is 11.5 Å². The summed E-state index contributed by atoms with van der Waals surface area (Å²) >= 11 is 0. The highest BCUT2D eigenvalue weighted by molar-refractivity contribution is 5.80. The quantitative estimate of drug-likeness (QED) is 0.793. The van der Waals surface area contributed by atoms with Gasteiger partial charge in [0, 0.05) is 12.6 Å². The first kappa shape index (κ1) is 13.3. The molecule has 0 radical (unpaired) electrons. The lowest BCUT2D eigenvalue weighted by molar-refractivity contribution is -0.126. The maximum Gasteiger partial charge on any atom is 0.260 e. The number of likely N-dealkylation sites (N-methyl/N-ethyl adjacent to an activating group) is 1. The molecular formula is C12H17NO4. The van der Waals surface area contributed by atoms with E-state index in [4.69, 9.17) is 9.47 Å². The van der Waals surface area contributed by atoms with E-state index in [9.17, 15) is 9.90 Å². The van der Waals surface area contributed by atoms with Gasteiger partial charge in [-0.1, -0.05) is 0 Å². The third-order valence-corrected chi connectivity index (χ3v) is 2.36. The summed E-state index contributed by atoms with van der Waals surface area (Å²) in [4.78, 5) is 11.3. The number of methoxy groups -OCH3 is 1. The molecule has 17 heavy (non-hydrogen) atoms. The van der Waals surface area contributed by atoms with Crippen molar-refractivity contribution in [1.29, 1.82) is 0 Å². The summed E-state index contributed by atoms with van der Waals surface area (Å²) in [6.07, 6.45) is -0.612. The Kier molecular flexibility index (Phi) is 4.78. The molecule has 1 atom stereocenters. The van der Waals surface area contributed by atoms with Gasteiger partial charge in [-0.3, -0.25) is 4.79 Å². The first-order chi connectivity index (χ1) is 8.12. The fourth-order valence-corrected chi connectivity index (χ4v) is 1.37. The zero-order valence-corrected chi connectivity index (χ0v) is 10.2. The van der Waals surface area contributed by atoms with Crippen LogP contribution in [0.15, 0.2) is 18.2 Å². The van der Waals surface area contributed by atoms with Crippen LogP contribution in [0.1, 0.15) is 12.5 Å². The maximum atomic E-state index is 11.3. The van der Waals surface area contributed by atoms with Gasteiger partial charge in [-0.15, -0.1) is 0 Å². The minimum absolute atomic E-state index is 0.174. The Labute approximate surface area is 100 Å². The van der Waals surface area contributed by atoms with E-state index in [1.807, 2.05) is 0 Å². The van der Waals surface area contributed by atoms with Gasteiger partial charge in [0.1, 0.15) is 11.5 Å². The summed E-state index contributed by atoms with van der Waals surface area (Å²) in [5.74, 6) is 0.892. The van der Waals surface area contributed by atoms with Crippen LogP contribution in [0.2, 0.25) is 0 Å². The Balaban J connectivity index is 2.87. The highest BCUT2D eigenvalue weighted by Crippen LogP contribution is 2.25. The number of aliphatic hydroxyl groups is 1. The van der Waals surface area contributed by atoms with E-state index in [2.05, 4.69) is 5.32 Å². The summed E-state index contributed by atoms with van der Waals surface area (Å²) in [7, 11) is 3.09. The minimum Gasteiger partial charge on any atom is -0.497 e. The number of benzene rings is 1. The van der Waals surface area contributed by atoms with Crippen LogP contribution in [-0.2, 0) is 11.4 Å². The Hall–Kier alpha value is -1.75. The highest BCUT2D eigenvalue weighted by atomic mass is 16.5. The van der Waals surface area contributed by atoms with Crippen molar-refractivity contribution in [3.05, 3.63) is 23.8 Å². The zero-order chi connectivity index (χ0) is 12.8. The van der Waals surface area contributed by atoms with Gasteiger partial charge < -0.3 is 19.9 Å². The SMILES string of the molecule is CNC(=O)C(C)Oc1ccc(OC)cc1CO. The number of ether oxygens (including phenoxy) is 2. The Morgan fingerprint density at radius 1 is 1.53 bits per heavy atom. The molecule has 1 amide bonds. The molecule has 0 spiro atoms. The smallest absolute Gasteiger partial charge is 0.260 e. The van der Waals surface area contributed by atoms with Crippen molar-refractivity contribution in [3.8, 4) is 11.5 Å². The van der Waals surface area contributed by atoms with Gasteiger partial charge >= 0.3 is 0 Å². The van der Waals surface area contributed by atoms with Crippen molar-refractivity contribution in [2.24, 2.45) is 0 Å². The maximum absolute atomic E-state index is 11.3. The number of aliphatic hydroxyl groups excluding tert-OH is 1. The summed E-state index contributed by atoms with van der Waals surface area (Å²) in [6, 6.07) is 5.06. The topological polar surface area (TPSA) is 67.8 Å². The second kappa shape index (κ2) is 6.10. The molecule has 0 aliphatic heterocycles. The molecule has 0 aliphatic rings. The molecule has 0 saturated heterocycles. The van der Waals surface area contributed by atoms with E-state index in [1.54, 1.807) is 39.3 Å². The second-order valence-corrected chi connectivity index (χ2v) is 3.51. The standard InChI is InChI=1S/C12H17NO4/c1-8(12(15)13-2)17-11-5-4-10(16-3)6-9(11)7-14/h4-6,8,14H,7H2,1-3H3,(H,13,15). The Morgan fingerprint density at radius 3 is 2.76 bits per heavy atom. The van der Waals surface area contributed by atoms with Crippen molar-refractivity contribution in [2.75, 3.05) is 14.2 Å². The van der Waals surface area contributed by atoms with Crippen molar-refractivity contribution >= 4 is 5.91 Å². The average Bonchev–Trinajstić information content (AvgIpc) is 2.37. The lowest BCUT2D eigenvalue weighted by Crippen LogP contribution is -2.33. The van der Waals surface area contributed by atoms with Crippen LogP contribution in [0, 0.1) is 0 Å². The Bertz CT molecular complexity index is 392. The molecule has 5 nitrogen and oxygen atoms in total. The molecule has 0 fully saturated rings. The van der Waals surface area contributed by atoms with E-state index in [0.29, 0.717) is 17.1 Å². The molecule has 0 saturated carbocycles. The lowest BCUT2D eigenvalue weighted by atomic mass is 10.2. The summed E-state index contributed by atoms with van der Waals surface area (Å²) < 4.78 is 10.5. The van der Waals surface area contributed by atoms with Gasteiger partial charge in [0.2, 0.25) is 0 Å². The molecule has 0 bridgehead atoms. The lowest BCUT2D eigenvalue weighted by Gasteiger charge is -2.16. The van der Waals surface area contributed by atoms with Gasteiger partial charge in [-0.05, 0) is 25.1 Å². The van der Waals surface area contributed by atoms with Gasteiger partial charge in [0.05, 0.1) is 13.7 Å². The van der Waals surface area contributed by atoms with Crippen LogP contribution in [0.3, 0.4) is 0 Å². The van der Waals surface area contributed by atoms with Crippen LogP contribution >= 0.6 is 0 Å². The fourth-order valence-electron chi connectivity index (χ4n) is 1.37. The first-order valence-electron chi connectivity index (χ1n) is 5.28. The highest BCUT2D eigenvalue weighted by Gasteiger charge is 2.14. The van der Waals surface area contributed by atoms with Crippen LogP contribution in [0.4, 0.5) is 0 Å². The van der Waals surface area contributed by atoms with E-state index in [0.717, 1.165) is 0 Å². The molecule has 1 unspecified atom stereocenters. The Morgan fingerprint density at radius 2 is 2.24 bits per heavy atom. The molecule has 0 heterocycles. The summed E-state index contributed by atoms with van der Waals surface area (Å²) in [5.41, 5.74) is 0.583. The van der Waals surface area contributed by atoms with Gasteiger partial charge in [-0.25, -0.2) is 0 Å². The third kappa shape index (κ3) is 3.35. The van der Waals surface area contributed by atoms with Crippen molar-refractivity contribution in [1.82, 2.24) is 5.32 Å². The van der Waals surface area contributed by atoms with Crippen molar-refractivity contribution in [3.63, 3.8) is 0 Å². The van der Waals surface area contributed by atoms with Crippen LogP contribution in [-0.4, -0.2) is 31.3 Å². The number of carbonyl (C=O) groups is 1.